The second kappa shape index (κ2) is 4.05. The molecule has 0 atom stereocenters. The summed E-state index contributed by atoms with van der Waals surface area (Å²) >= 11 is 0. The quantitative estimate of drug-likeness (QED) is 0.730. The summed E-state index contributed by atoms with van der Waals surface area (Å²) in [6, 6.07) is 4.82. The van der Waals surface area contributed by atoms with Gasteiger partial charge in [0.2, 0.25) is 0 Å². The first-order valence-corrected chi connectivity index (χ1v) is 4.04. The van der Waals surface area contributed by atoms with Crippen molar-refractivity contribution in [3.8, 4) is 5.75 Å². The predicted molar refractivity (Wildman–Crippen MR) is 48.4 cm³/mol. The molecule has 3 nitrogen and oxygen atoms in total. The van der Waals surface area contributed by atoms with Crippen molar-refractivity contribution in [2.24, 2.45) is 0 Å². The summed E-state index contributed by atoms with van der Waals surface area (Å²) in [5.74, 6) is 0.0776. The lowest BCUT2D eigenvalue weighted by atomic mass is 10.1. The van der Waals surface area contributed by atoms with Gasteiger partial charge in [0.15, 0.2) is 0 Å². The van der Waals surface area contributed by atoms with Crippen molar-refractivity contribution in [1.29, 1.82) is 0 Å². The molecular weight excluding hydrogens is 168 g/mol. The molecule has 0 fully saturated rings. The molecule has 0 amide bonds. The summed E-state index contributed by atoms with van der Waals surface area (Å²) in [4.78, 5) is 10.8. The van der Waals surface area contributed by atoms with Crippen LogP contribution in [-0.4, -0.2) is 16.0 Å². The average Bonchev–Trinajstić information content (AvgIpc) is 2.08. The van der Waals surface area contributed by atoms with Crippen LogP contribution in [0.15, 0.2) is 18.2 Å². The minimum Gasteiger partial charge on any atom is -0.508 e. The number of benzene rings is 1. The van der Waals surface area contributed by atoms with Crippen LogP contribution in [0.1, 0.15) is 18.1 Å². The first kappa shape index (κ1) is 9.74. The van der Waals surface area contributed by atoms with E-state index in [0.29, 0.717) is 11.1 Å². The van der Waals surface area contributed by atoms with Crippen molar-refractivity contribution < 1.29 is 15.0 Å². The first-order chi connectivity index (χ1) is 6.13. The molecule has 0 saturated carbocycles. The van der Waals surface area contributed by atoms with E-state index in [1.807, 2.05) is 0 Å². The average molecular weight is 180 g/mol. The van der Waals surface area contributed by atoms with Gasteiger partial charge in [-0.2, -0.15) is 0 Å². The van der Waals surface area contributed by atoms with Gasteiger partial charge in [-0.1, -0.05) is 12.1 Å². The monoisotopic (exact) mass is 180 g/mol. The van der Waals surface area contributed by atoms with Gasteiger partial charge in [-0.3, -0.25) is 4.79 Å². The molecule has 1 aromatic carbocycles. The summed E-state index contributed by atoms with van der Waals surface area (Å²) in [5.41, 5.74) is 1.24. The van der Waals surface area contributed by atoms with Crippen molar-refractivity contribution in [2.45, 2.75) is 20.0 Å². The highest BCUT2D eigenvalue weighted by molar-refractivity contribution is 5.78. The second-order valence-electron chi connectivity index (χ2n) is 3.00. The molecule has 1 rings (SSSR count). The molecule has 13 heavy (non-hydrogen) atoms. The SMILES string of the molecule is CC(=O)Cc1ccc(CO)cc1O. The summed E-state index contributed by atoms with van der Waals surface area (Å²) in [5, 5.41) is 18.2. The number of aliphatic hydroxyl groups excluding tert-OH is 1. The number of hydrogen-bond donors (Lipinski definition) is 2. The van der Waals surface area contributed by atoms with Gasteiger partial charge in [0.25, 0.3) is 0 Å². The maximum atomic E-state index is 10.8. The van der Waals surface area contributed by atoms with E-state index in [-0.39, 0.29) is 24.6 Å². The minimum absolute atomic E-state index is 0.00653. The molecule has 0 aliphatic heterocycles. The van der Waals surface area contributed by atoms with Crippen LogP contribution in [-0.2, 0) is 17.8 Å². The van der Waals surface area contributed by atoms with Crippen LogP contribution in [0.2, 0.25) is 0 Å². The van der Waals surface area contributed by atoms with Gasteiger partial charge >= 0.3 is 0 Å². The molecule has 2 N–H and O–H groups in total. The number of carbonyl (C=O) groups is 1. The van der Waals surface area contributed by atoms with Crippen molar-refractivity contribution in [3.05, 3.63) is 29.3 Å². The third-order valence-corrected chi connectivity index (χ3v) is 1.77. The van der Waals surface area contributed by atoms with Gasteiger partial charge in [-0.05, 0) is 18.6 Å². The molecule has 70 valence electrons. The van der Waals surface area contributed by atoms with Gasteiger partial charge in [-0.25, -0.2) is 0 Å². The lowest BCUT2D eigenvalue weighted by molar-refractivity contribution is -0.116. The number of aromatic hydroxyl groups is 1. The standard InChI is InChI=1S/C10H12O3/c1-7(12)4-9-3-2-8(6-11)5-10(9)13/h2-3,5,11,13H,4,6H2,1H3. The van der Waals surface area contributed by atoms with E-state index in [1.54, 1.807) is 12.1 Å². The van der Waals surface area contributed by atoms with E-state index in [1.165, 1.54) is 13.0 Å². The Kier molecular flexibility index (Phi) is 3.03. The number of ketones is 1. The molecule has 0 bridgehead atoms. The van der Waals surface area contributed by atoms with Crippen LogP contribution in [0, 0.1) is 0 Å². The fourth-order valence-electron chi connectivity index (χ4n) is 1.13. The van der Waals surface area contributed by atoms with Crippen LogP contribution >= 0.6 is 0 Å². The summed E-state index contributed by atoms with van der Waals surface area (Å²) in [6.07, 6.45) is 0.234. The molecule has 0 heterocycles. The third-order valence-electron chi connectivity index (χ3n) is 1.77. The molecule has 0 unspecified atom stereocenters. The summed E-state index contributed by atoms with van der Waals surface area (Å²) in [7, 11) is 0. The molecule has 0 saturated heterocycles. The first-order valence-electron chi connectivity index (χ1n) is 4.04. The smallest absolute Gasteiger partial charge is 0.134 e. The maximum Gasteiger partial charge on any atom is 0.134 e. The number of aliphatic hydroxyl groups is 1. The molecule has 0 spiro atoms. The summed E-state index contributed by atoms with van der Waals surface area (Å²) in [6.45, 7) is 1.37. The minimum atomic E-state index is -0.103. The Balaban J connectivity index is 2.91. The summed E-state index contributed by atoms with van der Waals surface area (Å²) < 4.78 is 0. The van der Waals surface area contributed by atoms with Crippen molar-refractivity contribution in [2.75, 3.05) is 0 Å². The van der Waals surface area contributed by atoms with E-state index in [9.17, 15) is 9.90 Å². The largest absolute Gasteiger partial charge is 0.508 e. The van der Waals surface area contributed by atoms with E-state index >= 15 is 0 Å². The Morgan fingerprint density at radius 1 is 1.46 bits per heavy atom. The third kappa shape index (κ3) is 2.56. The maximum absolute atomic E-state index is 10.8. The van der Waals surface area contributed by atoms with Gasteiger partial charge in [0, 0.05) is 12.0 Å². The van der Waals surface area contributed by atoms with Crippen LogP contribution in [0.5, 0.6) is 5.75 Å². The predicted octanol–water partition coefficient (Wildman–Crippen LogP) is 1.02. The topological polar surface area (TPSA) is 57.5 Å². The van der Waals surface area contributed by atoms with Crippen LogP contribution in [0.3, 0.4) is 0 Å². The lowest BCUT2D eigenvalue weighted by Gasteiger charge is -2.03. The number of hydrogen-bond acceptors (Lipinski definition) is 3. The normalized spacial score (nSPS) is 10.0. The number of phenols is 1. The van der Waals surface area contributed by atoms with Gasteiger partial charge in [0.05, 0.1) is 6.61 Å². The van der Waals surface area contributed by atoms with Crippen molar-refractivity contribution >= 4 is 5.78 Å². The van der Waals surface area contributed by atoms with E-state index in [4.69, 9.17) is 5.11 Å². The fraction of sp³-hybridized carbons (Fsp3) is 0.300. The molecule has 3 heteroatoms. The number of carbonyl (C=O) groups excluding carboxylic acids is 1. The van der Waals surface area contributed by atoms with Gasteiger partial charge in [-0.15, -0.1) is 0 Å². The Labute approximate surface area is 76.6 Å². The van der Waals surface area contributed by atoms with Crippen molar-refractivity contribution in [3.63, 3.8) is 0 Å². The zero-order valence-corrected chi connectivity index (χ0v) is 7.45. The van der Waals surface area contributed by atoms with Gasteiger partial charge < -0.3 is 10.2 Å². The van der Waals surface area contributed by atoms with Crippen LogP contribution in [0.25, 0.3) is 0 Å². The number of Topliss-reactive ketones (excluding diaryl/α,β-unsaturated/α-hetero) is 1. The zero-order chi connectivity index (χ0) is 9.84. The molecule has 1 aromatic rings. The number of phenolic OH excluding ortho intramolecular Hbond substituents is 1. The molecular formula is C10H12O3. The Morgan fingerprint density at radius 2 is 2.15 bits per heavy atom. The highest BCUT2D eigenvalue weighted by Crippen LogP contribution is 2.19. The Morgan fingerprint density at radius 3 is 2.62 bits per heavy atom. The second-order valence-corrected chi connectivity index (χ2v) is 3.00. The molecule has 0 radical (unpaired) electrons. The Hall–Kier alpha value is -1.35. The molecule has 0 aromatic heterocycles. The van der Waals surface area contributed by atoms with E-state index < -0.39 is 0 Å². The highest BCUT2D eigenvalue weighted by Gasteiger charge is 2.04. The van der Waals surface area contributed by atoms with Crippen LogP contribution < -0.4 is 0 Å². The van der Waals surface area contributed by atoms with E-state index in [0.717, 1.165) is 0 Å². The molecule has 0 aliphatic carbocycles. The molecule has 0 aliphatic rings. The van der Waals surface area contributed by atoms with Gasteiger partial charge in [0.1, 0.15) is 11.5 Å². The lowest BCUT2D eigenvalue weighted by Crippen LogP contribution is -1.97. The van der Waals surface area contributed by atoms with E-state index in [2.05, 4.69) is 0 Å². The Bertz CT molecular complexity index is 318. The van der Waals surface area contributed by atoms with Crippen molar-refractivity contribution in [1.82, 2.24) is 0 Å². The zero-order valence-electron chi connectivity index (χ0n) is 7.45. The number of rotatable bonds is 3. The fourth-order valence-corrected chi connectivity index (χ4v) is 1.13. The highest BCUT2D eigenvalue weighted by atomic mass is 16.3. The van der Waals surface area contributed by atoms with Crippen LogP contribution in [0.4, 0.5) is 0 Å².